The Bertz CT molecular complexity index is 692. The Morgan fingerprint density at radius 2 is 1.95 bits per heavy atom. The minimum Gasteiger partial charge on any atom is -0.487 e. The van der Waals surface area contributed by atoms with Gasteiger partial charge in [0.15, 0.2) is 5.78 Å². The van der Waals surface area contributed by atoms with Crippen molar-refractivity contribution in [2.45, 2.75) is 39.7 Å². The molecule has 0 amide bonds. The number of aryl methyl sites for hydroxylation is 2. The van der Waals surface area contributed by atoms with Gasteiger partial charge in [0.05, 0.1) is 5.56 Å². The maximum Gasteiger partial charge on any atom is 0.196 e. The van der Waals surface area contributed by atoms with Crippen molar-refractivity contribution in [1.29, 1.82) is 0 Å². The van der Waals surface area contributed by atoms with Gasteiger partial charge >= 0.3 is 0 Å². The van der Waals surface area contributed by atoms with E-state index in [9.17, 15) is 4.79 Å². The zero-order valence-electron chi connectivity index (χ0n) is 12.2. The molecule has 20 heavy (non-hydrogen) atoms. The van der Waals surface area contributed by atoms with E-state index in [0.29, 0.717) is 16.9 Å². The van der Waals surface area contributed by atoms with Crippen LogP contribution in [0.15, 0.2) is 28.7 Å². The zero-order valence-corrected chi connectivity index (χ0v) is 12.2. The number of ketones is 1. The summed E-state index contributed by atoms with van der Waals surface area (Å²) in [5.41, 5.74) is 2.24. The lowest BCUT2D eigenvalue weighted by Crippen LogP contribution is -2.24. The van der Waals surface area contributed by atoms with E-state index < -0.39 is 0 Å². The van der Waals surface area contributed by atoms with Crippen molar-refractivity contribution >= 4 is 5.78 Å². The van der Waals surface area contributed by atoms with Crippen LogP contribution in [0.4, 0.5) is 0 Å². The molecule has 0 bridgehead atoms. The topological polar surface area (TPSA) is 39.4 Å². The maximum atomic E-state index is 12.5. The second kappa shape index (κ2) is 4.23. The molecular formula is C17H18O3. The van der Waals surface area contributed by atoms with E-state index in [1.807, 2.05) is 32.0 Å². The molecule has 3 heteroatoms. The van der Waals surface area contributed by atoms with Gasteiger partial charge in [-0.1, -0.05) is 0 Å². The summed E-state index contributed by atoms with van der Waals surface area (Å²) < 4.78 is 11.3. The summed E-state index contributed by atoms with van der Waals surface area (Å²) in [5.74, 6) is 2.32. The molecule has 0 spiro atoms. The maximum absolute atomic E-state index is 12.5. The third-order valence-electron chi connectivity index (χ3n) is 3.61. The molecule has 0 atom stereocenters. The van der Waals surface area contributed by atoms with Crippen LogP contribution in [0.25, 0.3) is 0 Å². The van der Waals surface area contributed by atoms with E-state index in [-0.39, 0.29) is 11.4 Å². The van der Waals surface area contributed by atoms with E-state index in [0.717, 1.165) is 23.5 Å². The van der Waals surface area contributed by atoms with Crippen molar-refractivity contribution in [3.05, 3.63) is 52.5 Å². The summed E-state index contributed by atoms with van der Waals surface area (Å²) in [7, 11) is 0. The van der Waals surface area contributed by atoms with Gasteiger partial charge < -0.3 is 9.15 Å². The third-order valence-corrected chi connectivity index (χ3v) is 3.61. The van der Waals surface area contributed by atoms with Gasteiger partial charge in [0.2, 0.25) is 0 Å². The first kappa shape index (κ1) is 13.0. The molecular weight excluding hydrogens is 252 g/mol. The molecule has 2 aromatic rings. The number of rotatable bonds is 2. The molecule has 0 fully saturated rings. The SMILES string of the molecule is Cc1cc(C(=O)c2ccc3c(c2)CC(C)(C)O3)c(C)o1. The lowest BCUT2D eigenvalue weighted by atomic mass is 9.97. The standard InChI is InChI=1S/C17H18O3/c1-10-7-14(11(2)19-10)16(18)12-5-6-15-13(8-12)9-17(3,4)20-15/h5-8H,9H2,1-4H3. The van der Waals surface area contributed by atoms with Crippen LogP contribution in [-0.4, -0.2) is 11.4 Å². The van der Waals surface area contributed by atoms with Crippen molar-refractivity contribution in [2.75, 3.05) is 0 Å². The Morgan fingerprint density at radius 1 is 1.20 bits per heavy atom. The molecule has 0 saturated heterocycles. The Hall–Kier alpha value is -2.03. The van der Waals surface area contributed by atoms with Crippen LogP contribution in [0.1, 0.15) is 46.9 Å². The molecule has 104 valence electrons. The summed E-state index contributed by atoms with van der Waals surface area (Å²) in [6.45, 7) is 7.78. The van der Waals surface area contributed by atoms with E-state index in [1.165, 1.54) is 0 Å². The molecule has 1 aliphatic rings. The first-order valence-corrected chi connectivity index (χ1v) is 6.79. The number of hydrogen-bond acceptors (Lipinski definition) is 3. The molecule has 1 aliphatic heterocycles. The molecule has 0 saturated carbocycles. The fraction of sp³-hybridized carbons (Fsp3) is 0.353. The number of fused-ring (bicyclic) bond motifs is 1. The summed E-state index contributed by atoms with van der Waals surface area (Å²) in [5, 5.41) is 0. The van der Waals surface area contributed by atoms with E-state index in [1.54, 1.807) is 6.07 Å². The summed E-state index contributed by atoms with van der Waals surface area (Å²) in [6, 6.07) is 7.45. The summed E-state index contributed by atoms with van der Waals surface area (Å²) in [4.78, 5) is 12.5. The predicted octanol–water partition coefficient (Wildman–Crippen LogP) is 3.84. The monoisotopic (exact) mass is 270 g/mol. The van der Waals surface area contributed by atoms with Crippen LogP contribution in [-0.2, 0) is 6.42 Å². The number of hydrogen-bond donors (Lipinski definition) is 0. The Balaban J connectivity index is 1.97. The molecule has 3 nitrogen and oxygen atoms in total. The summed E-state index contributed by atoms with van der Waals surface area (Å²) in [6.07, 6.45) is 0.826. The van der Waals surface area contributed by atoms with E-state index in [4.69, 9.17) is 9.15 Å². The minimum atomic E-state index is -0.188. The highest BCUT2D eigenvalue weighted by Gasteiger charge is 2.30. The number of carbonyl (C=O) groups is 1. The van der Waals surface area contributed by atoms with Gasteiger partial charge in [-0.05, 0) is 57.5 Å². The highest BCUT2D eigenvalue weighted by Crippen LogP contribution is 2.35. The van der Waals surface area contributed by atoms with Gasteiger partial charge in [-0.3, -0.25) is 4.79 Å². The second-order valence-corrected chi connectivity index (χ2v) is 6.02. The number of benzene rings is 1. The van der Waals surface area contributed by atoms with Gasteiger partial charge in [0.25, 0.3) is 0 Å². The molecule has 1 aromatic heterocycles. The van der Waals surface area contributed by atoms with E-state index in [2.05, 4.69) is 13.8 Å². The van der Waals surface area contributed by atoms with Crippen molar-refractivity contribution in [3.8, 4) is 5.75 Å². The molecule has 0 unspecified atom stereocenters. The quantitative estimate of drug-likeness (QED) is 0.778. The highest BCUT2D eigenvalue weighted by molar-refractivity contribution is 6.09. The van der Waals surface area contributed by atoms with Crippen LogP contribution in [0.2, 0.25) is 0 Å². The number of carbonyl (C=O) groups excluding carboxylic acids is 1. The van der Waals surface area contributed by atoms with Crippen molar-refractivity contribution < 1.29 is 13.9 Å². The lowest BCUT2D eigenvalue weighted by molar-refractivity contribution is 0.103. The Kier molecular flexibility index (Phi) is 2.75. The molecule has 0 aliphatic carbocycles. The lowest BCUT2D eigenvalue weighted by Gasteiger charge is -2.16. The number of ether oxygens (including phenoxy) is 1. The molecule has 2 heterocycles. The average molecular weight is 270 g/mol. The van der Waals surface area contributed by atoms with Gasteiger partial charge in [-0.2, -0.15) is 0 Å². The van der Waals surface area contributed by atoms with Crippen molar-refractivity contribution in [2.24, 2.45) is 0 Å². The largest absolute Gasteiger partial charge is 0.487 e. The van der Waals surface area contributed by atoms with Crippen LogP contribution < -0.4 is 4.74 Å². The fourth-order valence-corrected chi connectivity index (χ4v) is 2.76. The smallest absolute Gasteiger partial charge is 0.196 e. The highest BCUT2D eigenvalue weighted by atomic mass is 16.5. The molecule has 0 radical (unpaired) electrons. The first-order valence-electron chi connectivity index (χ1n) is 6.79. The molecule has 0 N–H and O–H groups in total. The van der Waals surface area contributed by atoms with Crippen LogP contribution in [0.3, 0.4) is 0 Å². The predicted molar refractivity (Wildman–Crippen MR) is 76.5 cm³/mol. The fourth-order valence-electron chi connectivity index (χ4n) is 2.76. The van der Waals surface area contributed by atoms with Crippen molar-refractivity contribution in [3.63, 3.8) is 0 Å². The normalized spacial score (nSPS) is 15.8. The minimum absolute atomic E-state index is 0.00635. The molecule has 3 rings (SSSR count). The Morgan fingerprint density at radius 3 is 2.60 bits per heavy atom. The van der Waals surface area contributed by atoms with Gasteiger partial charge in [0.1, 0.15) is 22.9 Å². The second-order valence-electron chi connectivity index (χ2n) is 6.02. The van der Waals surface area contributed by atoms with Gasteiger partial charge in [-0.25, -0.2) is 0 Å². The van der Waals surface area contributed by atoms with Gasteiger partial charge in [0, 0.05) is 12.0 Å². The zero-order chi connectivity index (χ0) is 14.5. The Labute approximate surface area is 118 Å². The summed E-state index contributed by atoms with van der Waals surface area (Å²) >= 11 is 0. The van der Waals surface area contributed by atoms with Crippen LogP contribution in [0, 0.1) is 13.8 Å². The average Bonchev–Trinajstić information content (AvgIpc) is 2.84. The molecule has 1 aromatic carbocycles. The van der Waals surface area contributed by atoms with E-state index >= 15 is 0 Å². The van der Waals surface area contributed by atoms with Gasteiger partial charge in [-0.15, -0.1) is 0 Å². The first-order chi connectivity index (χ1) is 9.35. The van der Waals surface area contributed by atoms with Crippen molar-refractivity contribution in [1.82, 2.24) is 0 Å². The van der Waals surface area contributed by atoms with Crippen LogP contribution >= 0.6 is 0 Å². The van der Waals surface area contributed by atoms with Crippen LogP contribution in [0.5, 0.6) is 5.75 Å². The third kappa shape index (κ3) is 2.13. The number of furan rings is 1.